The molecule has 4 rings (SSSR count). The molecule has 0 saturated heterocycles. The van der Waals surface area contributed by atoms with Crippen molar-refractivity contribution in [2.45, 2.75) is 25.0 Å². The molecule has 7 nitrogen and oxygen atoms in total. The van der Waals surface area contributed by atoms with Crippen LogP contribution in [0, 0.1) is 0 Å². The Morgan fingerprint density at radius 3 is 2.87 bits per heavy atom. The lowest BCUT2D eigenvalue weighted by molar-refractivity contribution is -0.113. The highest BCUT2D eigenvalue weighted by Gasteiger charge is 2.17. The zero-order valence-corrected chi connectivity index (χ0v) is 17.8. The van der Waals surface area contributed by atoms with Crippen molar-refractivity contribution < 1.29 is 14.3 Å². The summed E-state index contributed by atoms with van der Waals surface area (Å²) in [5.41, 5.74) is 0.182. The molecule has 0 spiro atoms. The molecule has 0 radical (unpaired) electrons. The van der Waals surface area contributed by atoms with E-state index < -0.39 is 0 Å². The molecule has 0 atom stereocenters. The lowest BCUT2D eigenvalue weighted by Crippen LogP contribution is -2.24. The van der Waals surface area contributed by atoms with Gasteiger partial charge in [0.05, 0.1) is 29.6 Å². The van der Waals surface area contributed by atoms with Crippen molar-refractivity contribution in [2.75, 3.05) is 11.1 Å². The van der Waals surface area contributed by atoms with Crippen molar-refractivity contribution in [1.29, 1.82) is 0 Å². The number of hydrogen-bond acceptors (Lipinski definition) is 7. The number of phenolic OH excluding ortho intramolecular Hbond substituents is 1. The summed E-state index contributed by atoms with van der Waals surface area (Å²) in [6, 6.07) is 12.0. The van der Waals surface area contributed by atoms with Gasteiger partial charge in [-0.3, -0.25) is 14.2 Å². The van der Waals surface area contributed by atoms with Gasteiger partial charge in [-0.05, 0) is 36.8 Å². The van der Waals surface area contributed by atoms with Crippen LogP contribution in [-0.2, 0) is 17.8 Å². The molecule has 0 aliphatic carbocycles. The van der Waals surface area contributed by atoms with E-state index >= 15 is 0 Å². The van der Waals surface area contributed by atoms with Gasteiger partial charge in [0, 0.05) is 4.88 Å². The third-order valence-electron chi connectivity index (χ3n) is 4.42. The Balaban J connectivity index is 1.62. The van der Waals surface area contributed by atoms with Gasteiger partial charge in [0.15, 0.2) is 5.16 Å². The summed E-state index contributed by atoms with van der Waals surface area (Å²) in [6.45, 7) is 2.26. The largest absolute Gasteiger partial charge is 0.506 e. The molecular weight excluding hydrogens is 422 g/mol. The summed E-state index contributed by atoms with van der Waals surface area (Å²) in [4.78, 5) is 31.9. The first-order valence-electron chi connectivity index (χ1n) is 9.31. The van der Waals surface area contributed by atoms with Crippen molar-refractivity contribution >= 4 is 44.9 Å². The molecule has 3 aromatic heterocycles. The Kier molecular flexibility index (Phi) is 5.91. The molecule has 9 heteroatoms. The fourth-order valence-corrected chi connectivity index (χ4v) is 4.73. The van der Waals surface area contributed by atoms with Crippen LogP contribution in [0.3, 0.4) is 0 Å². The van der Waals surface area contributed by atoms with Gasteiger partial charge >= 0.3 is 0 Å². The molecule has 30 heavy (non-hydrogen) atoms. The maximum absolute atomic E-state index is 13.1. The minimum atomic E-state index is -0.305. The molecule has 0 saturated carbocycles. The Morgan fingerprint density at radius 1 is 1.30 bits per heavy atom. The average molecular weight is 442 g/mol. The first-order valence-corrected chi connectivity index (χ1v) is 11.1. The van der Waals surface area contributed by atoms with Crippen LogP contribution < -0.4 is 10.9 Å². The van der Waals surface area contributed by atoms with E-state index in [1.54, 1.807) is 36.6 Å². The quantitative estimate of drug-likeness (QED) is 0.255. The number of thioether (sulfide) groups is 1. The third-order valence-corrected chi connectivity index (χ3v) is 6.57. The summed E-state index contributed by atoms with van der Waals surface area (Å²) < 4.78 is 6.94. The number of thiophene rings is 1. The topological polar surface area (TPSA) is 97.4 Å². The molecule has 3 heterocycles. The van der Waals surface area contributed by atoms with E-state index in [0.29, 0.717) is 26.8 Å². The average Bonchev–Trinajstić information content (AvgIpc) is 3.40. The third kappa shape index (κ3) is 4.27. The number of nitrogens with zero attached hydrogens (tertiary/aromatic N) is 2. The maximum Gasteiger partial charge on any atom is 0.263 e. The van der Waals surface area contributed by atoms with E-state index in [9.17, 15) is 14.7 Å². The number of aromatic nitrogens is 2. The molecule has 0 fully saturated rings. The number of carbonyl (C=O) groups excluding carboxylic acids is 1. The van der Waals surface area contributed by atoms with Crippen LogP contribution in [0.25, 0.3) is 10.2 Å². The highest BCUT2D eigenvalue weighted by molar-refractivity contribution is 7.99. The number of rotatable bonds is 7. The van der Waals surface area contributed by atoms with E-state index in [4.69, 9.17) is 4.42 Å². The van der Waals surface area contributed by atoms with E-state index in [-0.39, 0.29) is 29.5 Å². The predicted molar refractivity (Wildman–Crippen MR) is 119 cm³/mol. The number of phenols is 1. The number of carbonyl (C=O) groups is 1. The van der Waals surface area contributed by atoms with Crippen LogP contribution >= 0.6 is 23.1 Å². The summed E-state index contributed by atoms with van der Waals surface area (Å²) in [5, 5.41) is 13.5. The summed E-state index contributed by atoms with van der Waals surface area (Å²) in [6.07, 6.45) is 2.38. The minimum absolute atomic E-state index is 0.00389. The fraction of sp³-hybridized carbons (Fsp3) is 0.190. The summed E-state index contributed by atoms with van der Waals surface area (Å²) in [7, 11) is 0. The van der Waals surface area contributed by atoms with Crippen LogP contribution in [0.1, 0.15) is 17.6 Å². The van der Waals surface area contributed by atoms with Crippen LogP contribution in [0.5, 0.6) is 5.75 Å². The molecule has 1 aromatic carbocycles. The highest BCUT2D eigenvalue weighted by Crippen LogP contribution is 2.26. The van der Waals surface area contributed by atoms with E-state index in [2.05, 4.69) is 10.3 Å². The van der Waals surface area contributed by atoms with Crippen molar-refractivity contribution in [2.24, 2.45) is 0 Å². The fourth-order valence-electron chi connectivity index (χ4n) is 2.93. The Hall–Kier alpha value is -3.04. The number of anilines is 1. The summed E-state index contributed by atoms with van der Waals surface area (Å²) >= 11 is 2.66. The highest BCUT2D eigenvalue weighted by atomic mass is 32.2. The monoisotopic (exact) mass is 441 g/mol. The lowest BCUT2D eigenvalue weighted by atomic mass is 10.3. The van der Waals surface area contributed by atoms with Crippen LogP contribution in [0.4, 0.5) is 5.69 Å². The number of furan rings is 1. The SMILES string of the molecule is CCc1cc2c(=O)n(Cc3ccco3)c(SCC(=O)Nc3ccccc3O)nc2s1. The molecule has 2 N–H and O–H groups in total. The zero-order chi connectivity index (χ0) is 21.1. The van der Waals surface area contributed by atoms with Crippen molar-refractivity contribution in [3.8, 4) is 5.75 Å². The first kappa shape index (κ1) is 20.2. The summed E-state index contributed by atoms with van der Waals surface area (Å²) in [5.74, 6) is 0.359. The molecule has 0 aliphatic rings. The van der Waals surface area contributed by atoms with Gasteiger partial charge in [-0.25, -0.2) is 4.98 Å². The molecule has 0 aliphatic heterocycles. The standard InChI is InChI=1S/C21H19N3O4S2/c1-2-14-10-15-19(30-14)23-21(24(20(15)27)11-13-6-5-9-28-13)29-12-18(26)22-16-7-3-4-8-17(16)25/h3-10,25H,2,11-12H2,1H3,(H,22,26). The van der Waals surface area contributed by atoms with Crippen molar-refractivity contribution in [3.63, 3.8) is 0 Å². The Morgan fingerprint density at radius 2 is 2.13 bits per heavy atom. The Bertz CT molecular complexity index is 1250. The Labute approximate surface area is 180 Å². The van der Waals surface area contributed by atoms with Crippen LogP contribution in [0.15, 0.2) is 63.1 Å². The second-order valence-corrected chi connectivity index (χ2v) is 8.56. The van der Waals surface area contributed by atoms with Gasteiger partial charge in [0.1, 0.15) is 16.3 Å². The smallest absolute Gasteiger partial charge is 0.263 e. The number of para-hydroxylation sites is 2. The lowest BCUT2D eigenvalue weighted by Gasteiger charge is -2.11. The molecule has 0 unspecified atom stereocenters. The van der Waals surface area contributed by atoms with Gasteiger partial charge in [-0.2, -0.15) is 0 Å². The second-order valence-electron chi connectivity index (χ2n) is 6.50. The molecule has 1 amide bonds. The number of hydrogen-bond donors (Lipinski definition) is 2. The van der Waals surface area contributed by atoms with Crippen molar-refractivity contribution in [1.82, 2.24) is 9.55 Å². The van der Waals surface area contributed by atoms with E-state index in [0.717, 1.165) is 11.3 Å². The number of aryl methyl sites for hydroxylation is 1. The van der Waals surface area contributed by atoms with Gasteiger partial charge < -0.3 is 14.8 Å². The number of benzene rings is 1. The molecular formula is C21H19N3O4S2. The normalized spacial score (nSPS) is 11.1. The van der Waals surface area contributed by atoms with Gasteiger partial charge in [0.25, 0.3) is 5.56 Å². The molecule has 0 bridgehead atoms. The molecule has 4 aromatic rings. The van der Waals surface area contributed by atoms with E-state index in [1.807, 2.05) is 13.0 Å². The predicted octanol–water partition coefficient (Wildman–Crippen LogP) is 4.10. The van der Waals surface area contributed by atoms with Gasteiger partial charge in [-0.1, -0.05) is 30.8 Å². The number of nitrogens with one attached hydrogen (secondary N) is 1. The van der Waals surface area contributed by atoms with Gasteiger partial charge in [0.2, 0.25) is 5.91 Å². The number of aromatic hydroxyl groups is 1. The van der Waals surface area contributed by atoms with Crippen LogP contribution in [-0.4, -0.2) is 26.3 Å². The number of fused-ring (bicyclic) bond motifs is 1. The van der Waals surface area contributed by atoms with E-state index in [1.165, 1.54) is 33.7 Å². The molecule has 154 valence electrons. The second kappa shape index (κ2) is 8.76. The van der Waals surface area contributed by atoms with Crippen molar-refractivity contribution in [3.05, 3.63) is 69.7 Å². The first-order chi connectivity index (χ1) is 14.5. The zero-order valence-electron chi connectivity index (χ0n) is 16.1. The minimum Gasteiger partial charge on any atom is -0.506 e. The van der Waals surface area contributed by atoms with Gasteiger partial charge in [-0.15, -0.1) is 11.3 Å². The van der Waals surface area contributed by atoms with Crippen LogP contribution in [0.2, 0.25) is 0 Å². The maximum atomic E-state index is 13.1. The number of amides is 1.